The molecule has 0 amide bonds. The molecule has 1 aliphatic heterocycles. The molecule has 0 aliphatic carbocycles. The summed E-state index contributed by atoms with van der Waals surface area (Å²) in [6, 6.07) is 24.8. The Kier molecular flexibility index (Phi) is 9.37. The van der Waals surface area contributed by atoms with Gasteiger partial charge in [-0.3, -0.25) is 9.36 Å². The molecule has 0 saturated heterocycles. The quantitative estimate of drug-likeness (QED) is 0.159. The minimum atomic E-state index is -0.765. The van der Waals surface area contributed by atoms with Gasteiger partial charge in [0.2, 0.25) is 0 Å². The number of halogens is 1. The summed E-state index contributed by atoms with van der Waals surface area (Å²) in [5.41, 5.74) is 2.50. The summed E-state index contributed by atoms with van der Waals surface area (Å²) in [6.07, 6.45) is 3.28. The number of carbonyl (C=O) groups is 1. The summed E-state index contributed by atoms with van der Waals surface area (Å²) < 4.78 is 25.5. The molecule has 46 heavy (non-hydrogen) atoms. The molecule has 234 valence electrons. The first-order chi connectivity index (χ1) is 22.4. The van der Waals surface area contributed by atoms with E-state index >= 15 is 0 Å². The lowest BCUT2D eigenvalue weighted by molar-refractivity contribution is -0.136. The Morgan fingerprint density at radius 1 is 0.913 bits per heavy atom. The first-order valence-electron chi connectivity index (χ1n) is 14.8. The Morgan fingerprint density at radius 2 is 1.67 bits per heavy atom. The van der Waals surface area contributed by atoms with Gasteiger partial charge in [0.15, 0.2) is 16.3 Å². The summed E-state index contributed by atoms with van der Waals surface area (Å²) in [7, 11) is 1.31. The Balaban J connectivity index is 1.32. The van der Waals surface area contributed by atoms with Gasteiger partial charge in [0.1, 0.15) is 12.4 Å². The van der Waals surface area contributed by atoms with Crippen LogP contribution < -0.4 is 29.1 Å². The zero-order valence-electron chi connectivity index (χ0n) is 25.5. The topological polar surface area (TPSA) is 88.4 Å². The van der Waals surface area contributed by atoms with Gasteiger partial charge in [-0.05, 0) is 93.6 Å². The molecule has 0 radical (unpaired) electrons. The Bertz CT molecular complexity index is 2150. The minimum Gasteiger partial charge on any atom is -0.490 e. The summed E-state index contributed by atoms with van der Waals surface area (Å²) in [6.45, 7) is 5.09. The molecule has 1 aliphatic rings. The van der Waals surface area contributed by atoms with E-state index in [1.807, 2.05) is 56.3 Å². The lowest BCUT2D eigenvalue weighted by atomic mass is 9.97. The van der Waals surface area contributed by atoms with Crippen molar-refractivity contribution in [3.05, 3.63) is 131 Å². The van der Waals surface area contributed by atoms with Gasteiger partial charge in [-0.25, -0.2) is 9.79 Å². The van der Waals surface area contributed by atoms with Crippen LogP contribution in [0, 0.1) is 0 Å². The second kappa shape index (κ2) is 13.8. The van der Waals surface area contributed by atoms with E-state index in [0.717, 1.165) is 21.0 Å². The summed E-state index contributed by atoms with van der Waals surface area (Å²) >= 11 is 4.88. The van der Waals surface area contributed by atoms with Gasteiger partial charge in [-0.1, -0.05) is 59.9 Å². The van der Waals surface area contributed by atoms with Crippen LogP contribution in [0.25, 0.3) is 16.8 Å². The number of rotatable bonds is 10. The molecule has 0 fully saturated rings. The number of hydrogen-bond acceptors (Lipinski definition) is 8. The van der Waals surface area contributed by atoms with Crippen LogP contribution in [0.4, 0.5) is 0 Å². The molecule has 0 spiro atoms. The van der Waals surface area contributed by atoms with E-state index in [-0.39, 0.29) is 11.1 Å². The number of carbonyl (C=O) groups excluding carboxylic acids is 1. The van der Waals surface area contributed by atoms with Crippen LogP contribution in [-0.4, -0.2) is 30.9 Å². The molecule has 1 atom stereocenters. The SMILES string of the molecule is CCOc1ccc([C@@H]2C(C(=O)OC)=CN=c3s/c(=C\c4ccc(OCc5ccc6ccccc6c5)c(Br)c4)c(=O)n32)cc1OCC. The van der Waals surface area contributed by atoms with E-state index in [1.54, 1.807) is 12.1 Å². The van der Waals surface area contributed by atoms with Crippen molar-refractivity contribution in [1.29, 1.82) is 0 Å². The van der Waals surface area contributed by atoms with Gasteiger partial charge < -0.3 is 18.9 Å². The summed E-state index contributed by atoms with van der Waals surface area (Å²) in [4.78, 5) is 31.8. The number of aromatic nitrogens is 1. The van der Waals surface area contributed by atoms with Crippen molar-refractivity contribution in [2.45, 2.75) is 26.5 Å². The highest BCUT2D eigenvalue weighted by atomic mass is 79.9. The molecule has 8 nitrogen and oxygen atoms in total. The van der Waals surface area contributed by atoms with Gasteiger partial charge in [-0.2, -0.15) is 0 Å². The maximum absolute atomic E-state index is 14.0. The van der Waals surface area contributed by atoms with Crippen LogP contribution >= 0.6 is 27.3 Å². The van der Waals surface area contributed by atoms with Crippen LogP contribution in [0.2, 0.25) is 0 Å². The zero-order valence-corrected chi connectivity index (χ0v) is 27.9. The highest BCUT2D eigenvalue weighted by molar-refractivity contribution is 9.10. The molecule has 10 heteroatoms. The van der Waals surface area contributed by atoms with Crippen LogP contribution in [0.5, 0.6) is 17.2 Å². The second-order valence-electron chi connectivity index (χ2n) is 10.4. The highest BCUT2D eigenvalue weighted by Crippen LogP contribution is 2.35. The van der Waals surface area contributed by atoms with Crippen LogP contribution in [0.3, 0.4) is 0 Å². The maximum Gasteiger partial charge on any atom is 0.337 e. The molecular weight excluding hydrogens is 668 g/mol. The number of thiazole rings is 1. The van der Waals surface area contributed by atoms with Crippen LogP contribution in [-0.2, 0) is 16.1 Å². The molecule has 0 saturated carbocycles. The fraction of sp³-hybridized carbons (Fsp3) is 0.194. The lowest BCUT2D eigenvalue weighted by Gasteiger charge is -2.23. The predicted molar refractivity (Wildman–Crippen MR) is 182 cm³/mol. The van der Waals surface area contributed by atoms with E-state index in [1.165, 1.54) is 34.6 Å². The largest absolute Gasteiger partial charge is 0.490 e. The van der Waals surface area contributed by atoms with Crippen molar-refractivity contribution in [2.75, 3.05) is 20.3 Å². The average Bonchev–Trinajstić information content (AvgIpc) is 3.39. The number of ether oxygens (including phenoxy) is 4. The fourth-order valence-electron chi connectivity index (χ4n) is 5.35. The van der Waals surface area contributed by atoms with Crippen LogP contribution in [0.15, 0.2) is 105 Å². The number of hydrogen-bond donors (Lipinski definition) is 0. The summed E-state index contributed by atoms with van der Waals surface area (Å²) in [5.74, 6) is 1.23. The molecule has 0 unspecified atom stereocenters. The van der Waals surface area contributed by atoms with Crippen molar-refractivity contribution in [3.8, 4) is 17.2 Å². The molecule has 0 bridgehead atoms. The maximum atomic E-state index is 14.0. The Labute approximate surface area is 278 Å². The normalized spacial score (nSPS) is 14.3. The Morgan fingerprint density at radius 3 is 2.43 bits per heavy atom. The lowest BCUT2D eigenvalue weighted by Crippen LogP contribution is -2.39. The molecule has 6 rings (SSSR count). The molecule has 0 N–H and O–H groups in total. The van der Waals surface area contributed by atoms with E-state index in [0.29, 0.717) is 52.0 Å². The van der Waals surface area contributed by atoms with Gasteiger partial charge in [0, 0.05) is 6.20 Å². The van der Waals surface area contributed by atoms with Gasteiger partial charge in [-0.15, -0.1) is 0 Å². The number of nitrogens with zero attached hydrogens (tertiary/aromatic N) is 2. The van der Waals surface area contributed by atoms with Crippen molar-refractivity contribution < 1.29 is 23.7 Å². The van der Waals surface area contributed by atoms with Crippen molar-refractivity contribution >= 4 is 50.1 Å². The van der Waals surface area contributed by atoms with Gasteiger partial charge in [0.05, 0.1) is 40.9 Å². The Hall–Kier alpha value is -4.67. The molecule has 4 aromatic carbocycles. The van der Waals surface area contributed by atoms with E-state index in [4.69, 9.17) is 18.9 Å². The van der Waals surface area contributed by atoms with E-state index < -0.39 is 12.0 Å². The summed E-state index contributed by atoms with van der Waals surface area (Å²) in [5, 5.41) is 2.35. The number of fused-ring (bicyclic) bond motifs is 2. The van der Waals surface area contributed by atoms with Crippen molar-refractivity contribution in [3.63, 3.8) is 0 Å². The molecule has 5 aromatic rings. The smallest absolute Gasteiger partial charge is 0.337 e. The first kappa shape index (κ1) is 31.3. The standard InChI is InChI=1S/C36H31BrN2O6S/c1-4-43-30-15-13-26(19-31(30)44-5-2)33-27(35(41)42-3)20-38-36-39(33)34(40)32(46-36)18-22-11-14-29(28(37)17-22)45-21-23-10-12-24-8-6-7-9-25(24)16-23/h6-20,33H,4-5,21H2,1-3H3/b32-18-/t33-/m1/s1. The third-order valence-electron chi connectivity index (χ3n) is 7.47. The van der Waals surface area contributed by atoms with Gasteiger partial charge >= 0.3 is 5.97 Å². The number of benzene rings is 4. The highest BCUT2D eigenvalue weighted by Gasteiger charge is 2.31. The molecule has 1 aromatic heterocycles. The van der Waals surface area contributed by atoms with Crippen molar-refractivity contribution in [1.82, 2.24) is 4.57 Å². The van der Waals surface area contributed by atoms with Crippen LogP contribution in [0.1, 0.15) is 36.6 Å². The molecular formula is C36H31BrN2O6S. The second-order valence-corrected chi connectivity index (χ2v) is 12.3. The first-order valence-corrected chi connectivity index (χ1v) is 16.4. The third-order valence-corrected chi connectivity index (χ3v) is 9.09. The van der Waals surface area contributed by atoms with Gasteiger partial charge in [0.25, 0.3) is 5.56 Å². The number of methoxy groups -OCH3 is 1. The van der Waals surface area contributed by atoms with Crippen molar-refractivity contribution in [2.24, 2.45) is 4.99 Å². The number of esters is 1. The predicted octanol–water partition coefficient (Wildman–Crippen LogP) is 6.31. The fourth-order valence-corrected chi connectivity index (χ4v) is 6.83. The van der Waals surface area contributed by atoms with E-state index in [9.17, 15) is 9.59 Å². The monoisotopic (exact) mass is 698 g/mol. The van der Waals surface area contributed by atoms with E-state index in [2.05, 4.69) is 51.3 Å². The average molecular weight is 700 g/mol. The zero-order chi connectivity index (χ0) is 32.2. The minimum absolute atomic E-state index is 0.240. The molecule has 2 heterocycles. The third kappa shape index (κ3) is 6.36.